The molecule has 0 aromatic heterocycles. The molecule has 0 spiro atoms. The molecule has 1 aliphatic heterocycles. The Hall–Kier alpha value is -3.77. The number of phenolic OH excluding ortho intramolecular Hbond substituents is 1. The summed E-state index contributed by atoms with van der Waals surface area (Å²) in [4.78, 5) is 28.0. The van der Waals surface area contributed by atoms with Gasteiger partial charge in [0, 0.05) is 17.1 Å². The summed E-state index contributed by atoms with van der Waals surface area (Å²) in [6.07, 6.45) is 0.499. The topological polar surface area (TPSA) is 87.1 Å². The summed E-state index contributed by atoms with van der Waals surface area (Å²) in [6, 6.07) is 18.1. The summed E-state index contributed by atoms with van der Waals surface area (Å²) in [6.45, 7) is 6.71. The van der Waals surface area contributed by atoms with E-state index in [9.17, 15) is 19.8 Å². The fourth-order valence-corrected chi connectivity index (χ4v) is 4.73. The van der Waals surface area contributed by atoms with Crippen LogP contribution in [0, 0.1) is 0 Å². The summed E-state index contributed by atoms with van der Waals surface area (Å²) < 4.78 is 5.74. The second kappa shape index (κ2) is 11.1. The lowest BCUT2D eigenvalue weighted by atomic mass is 9.93. The Morgan fingerprint density at radius 2 is 1.70 bits per heavy atom. The molecule has 2 N–H and O–H groups in total. The van der Waals surface area contributed by atoms with E-state index in [0.717, 1.165) is 11.1 Å². The van der Waals surface area contributed by atoms with E-state index in [-0.39, 0.29) is 29.5 Å². The van der Waals surface area contributed by atoms with Crippen molar-refractivity contribution in [2.24, 2.45) is 0 Å². The molecular weight excluding hydrogens is 490 g/mol. The summed E-state index contributed by atoms with van der Waals surface area (Å²) in [5, 5.41) is 21.9. The molecule has 1 saturated heterocycles. The van der Waals surface area contributed by atoms with E-state index < -0.39 is 17.7 Å². The number of nitrogens with zero attached hydrogens (tertiary/aromatic N) is 1. The number of benzene rings is 3. The third-order valence-electron chi connectivity index (χ3n) is 6.51. The number of halogens is 1. The van der Waals surface area contributed by atoms with Gasteiger partial charge in [-0.25, -0.2) is 0 Å². The molecule has 3 aromatic carbocycles. The van der Waals surface area contributed by atoms with E-state index in [0.29, 0.717) is 34.9 Å². The van der Waals surface area contributed by atoms with Crippen LogP contribution in [0.1, 0.15) is 55.0 Å². The fourth-order valence-electron chi connectivity index (χ4n) is 4.60. The number of aliphatic hydroxyl groups excluding tert-OH is 1. The Labute approximate surface area is 221 Å². The van der Waals surface area contributed by atoms with Crippen LogP contribution in [0.25, 0.3) is 5.76 Å². The van der Waals surface area contributed by atoms with Crippen molar-refractivity contribution in [3.8, 4) is 11.5 Å². The lowest BCUT2D eigenvalue weighted by Crippen LogP contribution is -2.31. The minimum absolute atomic E-state index is 0.0191. The normalized spacial score (nSPS) is 17.0. The third kappa shape index (κ3) is 5.49. The van der Waals surface area contributed by atoms with Gasteiger partial charge < -0.3 is 19.8 Å². The number of likely N-dealkylation sites (tertiary alicyclic amines) is 1. The maximum Gasteiger partial charge on any atom is 0.295 e. The quantitative estimate of drug-likeness (QED) is 0.209. The van der Waals surface area contributed by atoms with Crippen LogP contribution < -0.4 is 4.74 Å². The Balaban J connectivity index is 1.79. The van der Waals surface area contributed by atoms with Crippen LogP contribution >= 0.6 is 11.6 Å². The van der Waals surface area contributed by atoms with Gasteiger partial charge in [-0.15, -0.1) is 0 Å². The van der Waals surface area contributed by atoms with Crippen LogP contribution in [0.4, 0.5) is 0 Å². The summed E-state index contributed by atoms with van der Waals surface area (Å²) in [7, 11) is 0. The first-order chi connectivity index (χ1) is 17.7. The van der Waals surface area contributed by atoms with Crippen molar-refractivity contribution in [3.63, 3.8) is 0 Å². The molecule has 7 heteroatoms. The average Bonchev–Trinajstić information content (AvgIpc) is 3.13. The smallest absolute Gasteiger partial charge is 0.295 e. The lowest BCUT2D eigenvalue weighted by molar-refractivity contribution is -0.139. The van der Waals surface area contributed by atoms with Crippen LogP contribution in [-0.2, 0) is 16.0 Å². The molecular formula is C30H30ClNO5. The number of carbonyl (C=O) groups is 2. The zero-order valence-electron chi connectivity index (χ0n) is 21.1. The molecule has 37 heavy (non-hydrogen) atoms. The number of ketones is 1. The molecule has 6 nitrogen and oxygen atoms in total. The van der Waals surface area contributed by atoms with Crippen LogP contribution in [0.15, 0.2) is 72.3 Å². The first-order valence-electron chi connectivity index (χ1n) is 12.3. The first-order valence-corrected chi connectivity index (χ1v) is 12.7. The molecule has 1 unspecified atom stereocenters. The highest BCUT2D eigenvalue weighted by Gasteiger charge is 2.45. The third-order valence-corrected chi connectivity index (χ3v) is 6.76. The molecule has 0 aliphatic carbocycles. The highest BCUT2D eigenvalue weighted by molar-refractivity contribution is 6.46. The predicted molar refractivity (Wildman–Crippen MR) is 144 cm³/mol. The molecule has 0 bridgehead atoms. The van der Waals surface area contributed by atoms with Gasteiger partial charge in [0.15, 0.2) is 0 Å². The van der Waals surface area contributed by atoms with Gasteiger partial charge >= 0.3 is 0 Å². The molecule has 0 saturated carbocycles. The van der Waals surface area contributed by atoms with Gasteiger partial charge in [0.25, 0.3) is 11.7 Å². The molecule has 1 amide bonds. The minimum atomic E-state index is -0.804. The Kier molecular flexibility index (Phi) is 7.89. The molecule has 192 valence electrons. The van der Waals surface area contributed by atoms with Crippen LogP contribution in [0.3, 0.4) is 0 Å². The van der Waals surface area contributed by atoms with Crippen LogP contribution in [0.2, 0.25) is 5.02 Å². The number of aromatic hydroxyl groups is 1. The van der Waals surface area contributed by atoms with Gasteiger partial charge in [-0.05, 0) is 78.4 Å². The predicted octanol–water partition coefficient (Wildman–Crippen LogP) is 6.23. The fraction of sp³-hybridized carbons (Fsp3) is 0.267. The Morgan fingerprint density at radius 1 is 1.03 bits per heavy atom. The molecule has 1 aliphatic rings. The lowest BCUT2D eigenvalue weighted by Gasteiger charge is -2.25. The summed E-state index contributed by atoms with van der Waals surface area (Å²) in [5.41, 5.74) is 2.93. The number of hydrogen-bond acceptors (Lipinski definition) is 5. The van der Waals surface area contributed by atoms with Gasteiger partial charge in [0.1, 0.15) is 17.3 Å². The number of phenols is 1. The van der Waals surface area contributed by atoms with Crippen LogP contribution in [-0.4, -0.2) is 40.0 Å². The molecule has 1 heterocycles. The van der Waals surface area contributed by atoms with Crippen molar-refractivity contribution in [1.82, 2.24) is 4.90 Å². The monoisotopic (exact) mass is 519 g/mol. The Bertz CT molecular complexity index is 1330. The van der Waals surface area contributed by atoms with E-state index in [1.165, 1.54) is 17.0 Å². The van der Waals surface area contributed by atoms with Gasteiger partial charge in [-0.1, -0.05) is 49.7 Å². The SMILES string of the molecule is CCOc1ccc(/C(O)=C2/C(=O)C(=O)N(CCc3ccc(Cl)cc3)C2c2ccc(O)cc2)cc1C(C)C. The highest BCUT2D eigenvalue weighted by atomic mass is 35.5. The maximum atomic E-state index is 13.3. The van der Waals surface area contributed by atoms with E-state index in [1.807, 2.05) is 32.9 Å². The number of carbonyl (C=O) groups excluding carboxylic acids is 2. The van der Waals surface area contributed by atoms with Crippen molar-refractivity contribution in [1.29, 1.82) is 0 Å². The van der Waals surface area contributed by atoms with E-state index in [4.69, 9.17) is 16.3 Å². The Morgan fingerprint density at radius 3 is 2.32 bits per heavy atom. The van der Waals surface area contributed by atoms with Gasteiger partial charge in [0.05, 0.1) is 18.2 Å². The van der Waals surface area contributed by atoms with Crippen molar-refractivity contribution in [3.05, 3.63) is 99.6 Å². The van der Waals surface area contributed by atoms with Crippen molar-refractivity contribution in [2.75, 3.05) is 13.2 Å². The van der Waals surface area contributed by atoms with Crippen LogP contribution in [0.5, 0.6) is 11.5 Å². The number of hydrogen-bond donors (Lipinski definition) is 2. The summed E-state index contributed by atoms with van der Waals surface area (Å²) in [5.74, 6) is -0.767. The van der Waals surface area contributed by atoms with Gasteiger partial charge in [0.2, 0.25) is 0 Å². The first kappa shape index (κ1) is 26.3. The molecule has 0 radical (unpaired) electrons. The van der Waals surface area contributed by atoms with E-state index in [1.54, 1.807) is 42.5 Å². The second-order valence-electron chi connectivity index (χ2n) is 9.30. The average molecular weight is 520 g/mol. The second-order valence-corrected chi connectivity index (χ2v) is 9.74. The number of ether oxygens (including phenoxy) is 1. The van der Waals surface area contributed by atoms with Crippen molar-refractivity contribution >= 4 is 29.1 Å². The zero-order valence-corrected chi connectivity index (χ0v) is 21.8. The number of Topliss-reactive ketones (excluding diaryl/α,β-unsaturated/α-hetero) is 1. The van der Waals surface area contributed by atoms with Crippen molar-refractivity contribution in [2.45, 2.75) is 39.2 Å². The van der Waals surface area contributed by atoms with Gasteiger partial charge in [-0.2, -0.15) is 0 Å². The highest BCUT2D eigenvalue weighted by Crippen LogP contribution is 2.41. The number of amides is 1. The minimum Gasteiger partial charge on any atom is -0.508 e. The zero-order chi connectivity index (χ0) is 26.7. The van der Waals surface area contributed by atoms with Gasteiger partial charge in [-0.3, -0.25) is 9.59 Å². The van der Waals surface area contributed by atoms with E-state index in [2.05, 4.69) is 0 Å². The van der Waals surface area contributed by atoms with Crippen molar-refractivity contribution < 1.29 is 24.5 Å². The number of aliphatic hydroxyl groups is 1. The largest absolute Gasteiger partial charge is 0.508 e. The number of rotatable bonds is 8. The molecule has 1 atom stereocenters. The maximum absolute atomic E-state index is 13.3. The molecule has 4 rings (SSSR count). The summed E-state index contributed by atoms with van der Waals surface area (Å²) >= 11 is 6.00. The molecule has 1 fully saturated rings. The van der Waals surface area contributed by atoms with E-state index >= 15 is 0 Å². The molecule has 3 aromatic rings. The standard InChI is InChI=1S/C30H30ClNO5/c1-4-37-25-14-9-21(17-24(25)18(2)3)28(34)26-27(20-7-12-23(33)13-8-20)32(30(36)29(26)35)16-15-19-5-10-22(31)11-6-19/h5-14,17-18,27,33-34H,4,15-16H2,1-3H3/b28-26-.